The molecule has 3 rings (SSSR count). The lowest BCUT2D eigenvalue weighted by atomic mass is 10.2. The molecule has 0 aliphatic heterocycles. The molecule has 0 unspecified atom stereocenters. The highest BCUT2D eigenvalue weighted by Crippen LogP contribution is 2.30. The summed E-state index contributed by atoms with van der Waals surface area (Å²) in [5.74, 6) is 1.51. The SMILES string of the molecule is CN=c1scc(-c2ccc(Cl)cc2Cl)n1/N=C/c1ccc(C)o1. The molecule has 0 bridgehead atoms. The predicted molar refractivity (Wildman–Crippen MR) is 95.7 cm³/mol. The Kier molecular flexibility index (Phi) is 4.71. The molecule has 0 radical (unpaired) electrons. The number of hydrogen-bond donors (Lipinski definition) is 0. The minimum atomic E-state index is 0.566. The van der Waals surface area contributed by atoms with Gasteiger partial charge in [-0.1, -0.05) is 23.2 Å². The number of benzene rings is 1. The Hall–Kier alpha value is -1.82. The van der Waals surface area contributed by atoms with Crippen molar-refractivity contribution in [2.24, 2.45) is 10.1 Å². The first-order valence-corrected chi connectivity index (χ1v) is 8.41. The molecule has 0 amide bonds. The van der Waals surface area contributed by atoms with E-state index in [2.05, 4.69) is 10.1 Å². The summed E-state index contributed by atoms with van der Waals surface area (Å²) < 4.78 is 7.24. The maximum absolute atomic E-state index is 6.31. The van der Waals surface area contributed by atoms with Crippen LogP contribution in [-0.2, 0) is 0 Å². The van der Waals surface area contributed by atoms with Crippen LogP contribution in [0.5, 0.6) is 0 Å². The molecular weight excluding hydrogens is 353 g/mol. The first-order chi connectivity index (χ1) is 11.1. The van der Waals surface area contributed by atoms with Gasteiger partial charge in [-0.25, -0.2) is 4.68 Å². The summed E-state index contributed by atoms with van der Waals surface area (Å²) in [4.78, 5) is 5.00. The minimum absolute atomic E-state index is 0.566. The van der Waals surface area contributed by atoms with Crippen molar-refractivity contribution in [1.82, 2.24) is 4.68 Å². The van der Waals surface area contributed by atoms with E-state index in [0.717, 1.165) is 21.8 Å². The summed E-state index contributed by atoms with van der Waals surface area (Å²) in [6.45, 7) is 1.89. The van der Waals surface area contributed by atoms with Crippen LogP contribution in [0.15, 0.2) is 50.2 Å². The van der Waals surface area contributed by atoms with E-state index in [1.165, 1.54) is 11.3 Å². The Morgan fingerprint density at radius 1 is 1.22 bits per heavy atom. The van der Waals surface area contributed by atoms with E-state index in [1.807, 2.05) is 30.5 Å². The van der Waals surface area contributed by atoms with Crippen LogP contribution in [0.4, 0.5) is 0 Å². The van der Waals surface area contributed by atoms with E-state index in [4.69, 9.17) is 27.6 Å². The second-order valence-corrected chi connectivity index (χ2v) is 6.44. The molecule has 4 nitrogen and oxygen atoms in total. The molecule has 0 N–H and O–H groups in total. The van der Waals surface area contributed by atoms with Gasteiger partial charge in [0.15, 0.2) is 0 Å². The molecule has 2 aromatic heterocycles. The first kappa shape index (κ1) is 16.1. The summed E-state index contributed by atoms with van der Waals surface area (Å²) in [5.41, 5.74) is 1.69. The zero-order valence-electron chi connectivity index (χ0n) is 12.5. The summed E-state index contributed by atoms with van der Waals surface area (Å²) >= 11 is 13.8. The Balaban J connectivity index is 2.09. The van der Waals surface area contributed by atoms with Gasteiger partial charge >= 0.3 is 0 Å². The third-order valence-corrected chi connectivity index (χ3v) is 4.60. The van der Waals surface area contributed by atoms with Crippen LogP contribution in [0, 0.1) is 6.92 Å². The normalized spacial score (nSPS) is 12.4. The molecule has 23 heavy (non-hydrogen) atoms. The summed E-state index contributed by atoms with van der Waals surface area (Å²) in [5, 5.41) is 7.60. The van der Waals surface area contributed by atoms with Crippen LogP contribution in [0.1, 0.15) is 11.5 Å². The van der Waals surface area contributed by atoms with Gasteiger partial charge in [-0.15, -0.1) is 11.3 Å². The topological polar surface area (TPSA) is 42.8 Å². The number of aromatic nitrogens is 1. The Bertz CT molecular complexity index is 937. The predicted octanol–water partition coefficient (Wildman–Crippen LogP) is 4.84. The zero-order valence-corrected chi connectivity index (χ0v) is 14.8. The van der Waals surface area contributed by atoms with E-state index >= 15 is 0 Å². The highest BCUT2D eigenvalue weighted by Gasteiger charge is 2.11. The van der Waals surface area contributed by atoms with E-state index in [9.17, 15) is 0 Å². The third-order valence-electron chi connectivity index (χ3n) is 3.15. The van der Waals surface area contributed by atoms with Crippen molar-refractivity contribution in [2.75, 3.05) is 7.05 Å². The van der Waals surface area contributed by atoms with Crippen molar-refractivity contribution >= 4 is 40.8 Å². The molecule has 0 aliphatic carbocycles. The van der Waals surface area contributed by atoms with Crippen molar-refractivity contribution < 1.29 is 4.42 Å². The molecule has 118 valence electrons. The van der Waals surface area contributed by atoms with Crippen molar-refractivity contribution in [3.8, 4) is 11.3 Å². The lowest BCUT2D eigenvalue weighted by molar-refractivity contribution is 0.527. The van der Waals surface area contributed by atoms with Crippen LogP contribution in [0.3, 0.4) is 0 Å². The van der Waals surface area contributed by atoms with Crippen molar-refractivity contribution in [1.29, 1.82) is 0 Å². The molecule has 7 heteroatoms. The van der Waals surface area contributed by atoms with Crippen molar-refractivity contribution in [3.05, 3.63) is 62.1 Å². The van der Waals surface area contributed by atoms with Gasteiger partial charge in [0.2, 0.25) is 4.80 Å². The van der Waals surface area contributed by atoms with Gasteiger partial charge < -0.3 is 4.42 Å². The van der Waals surface area contributed by atoms with Gasteiger partial charge in [0.1, 0.15) is 11.5 Å². The maximum Gasteiger partial charge on any atom is 0.205 e. The number of thiazole rings is 1. The lowest BCUT2D eigenvalue weighted by Gasteiger charge is -2.05. The summed E-state index contributed by atoms with van der Waals surface area (Å²) in [6, 6.07) is 9.14. The minimum Gasteiger partial charge on any atom is -0.460 e. The fourth-order valence-electron chi connectivity index (χ4n) is 2.08. The smallest absolute Gasteiger partial charge is 0.205 e. The zero-order chi connectivity index (χ0) is 16.4. The number of hydrogen-bond acceptors (Lipinski definition) is 4. The van der Waals surface area contributed by atoms with Crippen LogP contribution < -0.4 is 4.80 Å². The molecule has 0 fully saturated rings. The number of nitrogens with zero attached hydrogens (tertiary/aromatic N) is 3. The first-order valence-electron chi connectivity index (χ1n) is 6.78. The van der Waals surface area contributed by atoms with E-state index in [-0.39, 0.29) is 0 Å². The fraction of sp³-hybridized carbons (Fsp3) is 0.125. The number of rotatable bonds is 3. The van der Waals surface area contributed by atoms with Gasteiger partial charge in [0.05, 0.1) is 16.9 Å². The molecule has 0 saturated carbocycles. The highest BCUT2D eigenvalue weighted by molar-refractivity contribution is 7.07. The molecule has 0 aliphatic rings. The van der Waals surface area contributed by atoms with Gasteiger partial charge in [-0.2, -0.15) is 5.10 Å². The van der Waals surface area contributed by atoms with Crippen molar-refractivity contribution in [3.63, 3.8) is 0 Å². The average molecular weight is 366 g/mol. The van der Waals surface area contributed by atoms with Gasteiger partial charge in [-0.3, -0.25) is 4.99 Å². The Morgan fingerprint density at radius 2 is 2.04 bits per heavy atom. The second-order valence-electron chi connectivity index (χ2n) is 4.76. The summed E-state index contributed by atoms with van der Waals surface area (Å²) in [6.07, 6.45) is 1.65. The maximum atomic E-state index is 6.31. The van der Waals surface area contributed by atoms with Crippen LogP contribution in [0.2, 0.25) is 10.0 Å². The van der Waals surface area contributed by atoms with E-state index in [1.54, 1.807) is 30.1 Å². The van der Waals surface area contributed by atoms with Crippen LogP contribution >= 0.6 is 34.5 Å². The molecule has 0 atom stereocenters. The van der Waals surface area contributed by atoms with Crippen LogP contribution in [-0.4, -0.2) is 17.9 Å². The Labute approximate surface area is 147 Å². The molecule has 3 aromatic rings. The third kappa shape index (κ3) is 3.42. The quantitative estimate of drug-likeness (QED) is 0.612. The van der Waals surface area contributed by atoms with Crippen molar-refractivity contribution in [2.45, 2.75) is 6.92 Å². The van der Waals surface area contributed by atoms with E-state index in [0.29, 0.717) is 15.8 Å². The monoisotopic (exact) mass is 365 g/mol. The average Bonchev–Trinajstić information content (AvgIpc) is 3.11. The van der Waals surface area contributed by atoms with Gasteiger partial charge in [0, 0.05) is 23.0 Å². The highest BCUT2D eigenvalue weighted by atomic mass is 35.5. The Morgan fingerprint density at radius 3 is 2.70 bits per heavy atom. The summed E-state index contributed by atoms with van der Waals surface area (Å²) in [7, 11) is 1.72. The molecule has 2 heterocycles. The largest absolute Gasteiger partial charge is 0.460 e. The van der Waals surface area contributed by atoms with Crippen LogP contribution in [0.25, 0.3) is 11.3 Å². The molecule has 0 saturated heterocycles. The number of furan rings is 1. The van der Waals surface area contributed by atoms with E-state index < -0.39 is 0 Å². The standard InChI is InChI=1S/C16H13Cl2N3OS/c1-10-3-5-12(22-10)8-20-21-15(9-23-16(21)19-2)13-6-4-11(17)7-14(13)18/h3-9H,1-2H3/b19-16?,20-8+. The molecule has 1 aromatic carbocycles. The number of halogens is 2. The van der Waals surface area contributed by atoms with Gasteiger partial charge in [0.25, 0.3) is 0 Å². The molecule has 0 spiro atoms. The number of aryl methyl sites for hydroxylation is 1. The molecular formula is C16H13Cl2N3OS. The lowest BCUT2D eigenvalue weighted by Crippen LogP contribution is -2.11. The second kappa shape index (κ2) is 6.74. The van der Waals surface area contributed by atoms with Gasteiger partial charge in [-0.05, 0) is 37.3 Å². The fourth-order valence-corrected chi connectivity index (χ4v) is 3.38.